The number of carbonyl (C=O) groups is 4. The van der Waals surface area contributed by atoms with Crippen molar-refractivity contribution in [3.63, 3.8) is 0 Å². The largest absolute Gasteiger partial charge is 0.460 e. The normalized spacial score (nSPS) is 12.6. The summed E-state index contributed by atoms with van der Waals surface area (Å²) in [6.45, 7) is 12.9. The van der Waals surface area contributed by atoms with Gasteiger partial charge in [0.15, 0.2) is 0 Å². The first-order chi connectivity index (χ1) is 17.4. The summed E-state index contributed by atoms with van der Waals surface area (Å²) in [5.74, 6) is -1.05. The van der Waals surface area contributed by atoms with Gasteiger partial charge in [0.2, 0.25) is 5.91 Å². The number of rotatable bonds is 14. The summed E-state index contributed by atoms with van der Waals surface area (Å²) >= 11 is 0. The molecule has 1 aromatic rings. The number of esters is 1. The van der Waals surface area contributed by atoms with Gasteiger partial charge in [-0.05, 0) is 51.5 Å². The van der Waals surface area contributed by atoms with Crippen molar-refractivity contribution < 1.29 is 33.4 Å². The number of alkyl carbamates (subject to hydrolysis) is 2. The number of hydrogen-bond donors (Lipinski definition) is 3. The van der Waals surface area contributed by atoms with Crippen LogP contribution in [-0.4, -0.2) is 54.9 Å². The third-order valence-electron chi connectivity index (χ3n) is 4.81. The molecule has 0 saturated heterocycles. The minimum Gasteiger partial charge on any atom is -0.460 e. The van der Waals surface area contributed by atoms with Crippen LogP contribution < -0.4 is 16.0 Å². The Labute approximate surface area is 219 Å². The van der Waals surface area contributed by atoms with Crippen LogP contribution in [0.5, 0.6) is 0 Å². The average Bonchev–Trinajstić information content (AvgIpc) is 2.81. The van der Waals surface area contributed by atoms with Gasteiger partial charge in [0.1, 0.15) is 30.9 Å². The first kappa shape index (κ1) is 31.5. The fourth-order valence-corrected chi connectivity index (χ4v) is 3.19. The number of nitrogens with one attached hydrogen (secondary N) is 3. The fraction of sp³-hybridized carbons (Fsp3) is 0.556. The zero-order valence-corrected chi connectivity index (χ0v) is 22.5. The first-order valence-corrected chi connectivity index (χ1v) is 12.4. The van der Waals surface area contributed by atoms with E-state index in [2.05, 4.69) is 22.5 Å². The van der Waals surface area contributed by atoms with E-state index in [1.165, 1.54) is 6.08 Å². The Bertz CT molecular complexity index is 882. The summed E-state index contributed by atoms with van der Waals surface area (Å²) in [5, 5.41) is 7.88. The predicted molar refractivity (Wildman–Crippen MR) is 140 cm³/mol. The van der Waals surface area contributed by atoms with Crippen LogP contribution in [0.1, 0.15) is 59.4 Å². The second kappa shape index (κ2) is 16.2. The first-order valence-electron chi connectivity index (χ1n) is 12.4. The molecule has 0 radical (unpaired) electrons. The van der Waals surface area contributed by atoms with Gasteiger partial charge in [0, 0.05) is 6.54 Å². The molecule has 0 aromatic heterocycles. The Morgan fingerprint density at radius 1 is 0.973 bits per heavy atom. The summed E-state index contributed by atoms with van der Waals surface area (Å²) in [5.41, 5.74) is 0.157. The molecular weight excluding hydrogens is 478 g/mol. The number of benzene rings is 1. The zero-order chi connectivity index (χ0) is 27.8. The Morgan fingerprint density at radius 2 is 1.65 bits per heavy atom. The van der Waals surface area contributed by atoms with Gasteiger partial charge in [-0.1, -0.05) is 56.8 Å². The molecule has 1 aromatic carbocycles. The van der Waals surface area contributed by atoms with Gasteiger partial charge in [0.25, 0.3) is 0 Å². The number of amides is 3. The summed E-state index contributed by atoms with van der Waals surface area (Å²) in [6.07, 6.45) is 0.971. The van der Waals surface area contributed by atoms with Crippen molar-refractivity contribution in [1.29, 1.82) is 0 Å². The van der Waals surface area contributed by atoms with Gasteiger partial charge in [-0.2, -0.15) is 0 Å². The van der Waals surface area contributed by atoms with Crippen LogP contribution in [0.3, 0.4) is 0 Å². The van der Waals surface area contributed by atoms with Crippen LogP contribution in [-0.2, 0) is 30.4 Å². The second-order valence-corrected chi connectivity index (χ2v) is 9.94. The van der Waals surface area contributed by atoms with Gasteiger partial charge >= 0.3 is 18.2 Å². The van der Waals surface area contributed by atoms with Crippen LogP contribution in [0, 0.1) is 5.92 Å². The standard InChI is InChI=1S/C27H41N3O7/c1-7-16-35-24(32)22(17-19(2)3)29-23(31)21(14-11-15-28-25(33)37-27(4,5)6)30-26(34)36-18-20-12-9-8-10-13-20/h7-10,12-13,19,21-22H,1,11,14-18H2,2-6H3,(H,28,33)(H,29,31)(H,30,34)/t21-,22+/m1/s1. The lowest BCUT2D eigenvalue weighted by molar-refractivity contribution is -0.147. The third kappa shape index (κ3) is 14.6. The van der Waals surface area contributed by atoms with Crippen LogP contribution in [0.4, 0.5) is 9.59 Å². The van der Waals surface area contributed by atoms with E-state index in [0.29, 0.717) is 12.8 Å². The molecule has 0 aliphatic heterocycles. The number of hydrogen-bond acceptors (Lipinski definition) is 7. The van der Waals surface area contributed by atoms with Gasteiger partial charge < -0.3 is 30.2 Å². The number of ether oxygens (including phenoxy) is 3. The topological polar surface area (TPSA) is 132 Å². The van der Waals surface area contributed by atoms with E-state index in [1.54, 1.807) is 20.8 Å². The molecule has 206 valence electrons. The van der Waals surface area contributed by atoms with Crippen molar-refractivity contribution in [3.8, 4) is 0 Å². The molecule has 0 aliphatic carbocycles. The van der Waals surface area contributed by atoms with Gasteiger partial charge in [0.05, 0.1) is 0 Å². The smallest absolute Gasteiger partial charge is 0.408 e. The van der Waals surface area contributed by atoms with Crippen molar-refractivity contribution in [2.45, 2.75) is 78.2 Å². The fourth-order valence-electron chi connectivity index (χ4n) is 3.19. The quantitative estimate of drug-likeness (QED) is 0.147. The number of carbonyl (C=O) groups excluding carboxylic acids is 4. The highest BCUT2D eigenvalue weighted by Gasteiger charge is 2.28. The lowest BCUT2D eigenvalue weighted by atomic mass is 10.0. The van der Waals surface area contributed by atoms with Crippen LogP contribution in [0.2, 0.25) is 0 Å². The molecule has 1 rings (SSSR count). The van der Waals surface area contributed by atoms with Crippen LogP contribution in [0.15, 0.2) is 43.0 Å². The Hall–Kier alpha value is -3.56. The highest BCUT2D eigenvalue weighted by molar-refractivity contribution is 5.89. The summed E-state index contributed by atoms with van der Waals surface area (Å²) in [4.78, 5) is 49.9. The third-order valence-corrected chi connectivity index (χ3v) is 4.81. The molecule has 0 fully saturated rings. The molecule has 0 spiro atoms. The van der Waals surface area contributed by atoms with Gasteiger partial charge in [-0.3, -0.25) is 4.79 Å². The van der Waals surface area contributed by atoms with Gasteiger partial charge in [-0.25, -0.2) is 14.4 Å². The van der Waals surface area contributed by atoms with Crippen molar-refractivity contribution in [3.05, 3.63) is 48.6 Å². The monoisotopic (exact) mass is 519 g/mol. The summed E-state index contributed by atoms with van der Waals surface area (Å²) in [7, 11) is 0. The highest BCUT2D eigenvalue weighted by Crippen LogP contribution is 2.10. The molecule has 0 bridgehead atoms. The average molecular weight is 520 g/mol. The molecule has 0 unspecified atom stereocenters. The minimum atomic E-state index is -1.01. The van der Waals surface area contributed by atoms with Crippen molar-refractivity contribution in [1.82, 2.24) is 16.0 Å². The Balaban J connectivity index is 2.82. The maximum absolute atomic E-state index is 13.1. The van der Waals surface area contributed by atoms with E-state index in [0.717, 1.165) is 5.56 Å². The molecule has 0 saturated carbocycles. The lowest BCUT2D eigenvalue weighted by Gasteiger charge is -2.23. The Kier molecular flexibility index (Phi) is 13.8. The van der Waals surface area contributed by atoms with E-state index in [4.69, 9.17) is 14.2 Å². The van der Waals surface area contributed by atoms with Gasteiger partial charge in [-0.15, -0.1) is 0 Å². The second-order valence-electron chi connectivity index (χ2n) is 9.94. The van der Waals surface area contributed by atoms with E-state index < -0.39 is 41.7 Å². The molecule has 0 heterocycles. The highest BCUT2D eigenvalue weighted by atomic mass is 16.6. The van der Waals surface area contributed by atoms with E-state index in [1.807, 2.05) is 44.2 Å². The maximum Gasteiger partial charge on any atom is 0.408 e. The summed E-state index contributed by atoms with van der Waals surface area (Å²) in [6, 6.07) is 7.22. The maximum atomic E-state index is 13.1. The van der Waals surface area contributed by atoms with E-state index in [9.17, 15) is 19.2 Å². The van der Waals surface area contributed by atoms with Crippen molar-refractivity contribution in [2.24, 2.45) is 5.92 Å². The van der Waals surface area contributed by atoms with Crippen LogP contribution >= 0.6 is 0 Å². The van der Waals surface area contributed by atoms with Crippen LogP contribution in [0.25, 0.3) is 0 Å². The molecule has 2 atom stereocenters. The molecule has 37 heavy (non-hydrogen) atoms. The molecule has 10 nitrogen and oxygen atoms in total. The Morgan fingerprint density at radius 3 is 2.24 bits per heavy atom. The molecule has 10 heteroatoms. The van der Waals surface area contributed by atoms with Crippen molar-refractivity contribution in [2.75, 3.05) is 13.2 Å². The van der Waals surface area contributed by atoms with Crippen molar-refractivity contribution >= 4 is 24.1 Å². The molecule has 3 N–H and O–H groups in total. The molecule has 0 aliphatic rings. The van der Waals surface area contributed by atoms with E-state index in [-0.39, 0.29) is 32.1 Å². The summed E-state index contributed by atoms with van der Waals surface area (Å²) < 4.78 is 15.6. The van der Waals surface area contributed by atoms with E-state index >= 15 is 0 Å². The molecule has 3 amide bonds. The predicted octanol–water partition coefficient (Wildman–Crippen LogP) is 3.85. The SMILES string of the molecule is C=CCOC(=O)[C@H](CC(C)C)NC(=O)[C@@H](CCCNC(=O)OC(C)(C)C)NC(=O)OCc1ccccc1. The molecular formula is C27H41N3O7. The zero-order valence-electron chi connectivity index (χ0n) is 22.5. The minimum absolute atomic E-state index is 0.0210. The lowest BCUT2D eigenvalue weighted by Crippen LogP contribution is -2.52.